The van der Waals surface area contributed by atoms with Crippen molar-refractivity contribution in [2.45, 2.75) is 43.6 Å². The number of amides is 1. The molecule has 0 saturated carbocycles. The predicted molar refractivity (Wildman–Crippen MR) is 125 cm³/mol. The van der Waals surface area contributed by atoms with Gasteiger partial charge in [-0.15, -0.1) is 0 Å². The summed E-state index contributed by atoms with van der Waals surface area (Å²) >= 11 is 0. The van der Waals surface area contributed by atoms with E-state index >= 15 is 0 Å². The number of ether oxygens (including phenoxy) is 1. The van der Waals surface area contributed by atoms with Gasteiger partial charge in [-0.1, -0.05) is 42.5 Å². The standard InChI is InChI=1S/C24H29N3O4S/c1-24(2,3)31-23(28)26-17-19(18-8-5-4-6-9-18)12-15-27-32(29,30)22-11-7-10-20-16-25-14-13-21(20)22/h4-11,13-14,16,19,27H,12,15,17H2,1-3H3,(H,26,28). The molecule has 7 nitrogen and oxygen atoms in total. The number of rotatable bonds is 8. The zero-order chi connectivity index (χ0) is 23.2. The number of hydrogen-bond acceptors (Lipinski definition) is 5. The Morgan fingerprint density at radius 1 is 1.06 bits per heavy atom. The quantitative estimate of drug-likeness (QED) is 0.530. The molecule has 1 heterocycles. The number of carbonyl (C=O) groups is 1. The third-order valence-electron chi connectivity index (χ3n) is 4.88. The zero-order valence-electron chi connectivity index (χ0n) is 18.5. The molecule has 0 aliphatic carbocycles. The minimum absolute atomic E-state index is 0.0804. The summed E-state index contributed by atoms with van der Waals surface area (Å²) in [5.41, 5.74) is 0.426. The van der Waals surface area contributed by atoms with Gasteiger partial charge in [0.05, 0.1) is 4.90 Å². The molecular formula is C24H29N3O4S. The molecule has 8 heteroatoms. The lowest BCUT2D eigenvalue weighted by atomic mass is 9.96. The summed E-state index contributed by atoms with van der Waals surface area (Å²) in [7, 11) is -3.71. The third kappa shape index (κ3) is 6.51. The normalized spacial score (nSPS) is 13.0. The van der Waals surface area contributed by atoms with E-state index in [9.17, 15) is 13.2 Å². The zero-order valence-corrected chi connectivity index (χ0v) is 19.4. The summed E-state index contributed by atoms with van der Waals surface area (Å²) in [4.78, 5) is 16.4. The van der Waals surface area contributed by atoms with E-state index in [1.165, 1.54) is 0 Å². The Kier molecular flexibility index (Phi) is 7.48. The van der Waals surface area contributed by atoms with Crippen LogP contribution in [0.25, 0.3) is 10.8 Å². The molecule has 1 amide bonds. The van der Waals surface area contributed by atoms with Crippen molar-refractivity contribution in [1.29, 1.82) is 0 Å². The van der Waals surface area contributed by atoms with Gasteiger partial charge < -0.3 is 10.1 Å². The largest absolute Gasteiger partial charge is 0.444 e. The Bertz CT molecular complexity index is 1150. The number of hydrogen-bond donors (Lipinski definition) is 2. The van der Waals surface area contributed by atoms with Crippen molar-refractivity contribution < 1.29 is 17.9 Å². The van der Waals surface area contributed by atoms with Crippen molar-refractivity contribution in [3.63, 3.8) is 0 Å². The molecule has 1 atom stereocenters. The van der Waals surface area contributed by atoms with Gasteiger partial charge in [0.15, 0.2) is 0 Å². The van der Waals surface area contributed by atoms with E-state index in [4.69, 9.17) is 4.74 Å². The maximum atomic E-state index is 13.0. The van der Waals surface area contributed by atoms with Crippen molar-refractivity contribution in [2.24, 2.45) is 0 Å². The number of sulfonamides is 1. The average Bonchev–Trinajstić information content (AvgIpc) is 2.75. The molecule has 3 rings (SSSR count). The molecule has 0 radical (unpaired) electrons. The van der Waals surface area contributed by atoms with Crippen LogP contribution in [0.3, 0.4) is 0 Å². The number of aromatic nitrogens is 1. The minimum atomic E-state index is -3.71. The highest BCUT2D eigenvalue weighted by Crippen LogP contribution is 2.23. The van der Waals surface area contributed by atoms with Crippen LogP contribution < -0.4 is 10.0 Å². The maximum Gasteiger partial charge on any atom is 0.407 e. The molecule has 2 N–H and O–H groups in total. The maximum absolute atomic E-state index is 13.0. The van der Waals surface area contributed by atoms with E-state index < -0.39 is 21.7 Å². The second-order valence-electron chi connectivity index (χ2n) is 8.53. The smallest absolute Gasteiger partial charge is 0.407 e. The van der Waals surface area contributed by atoms with Crippen LogP contribution in [0.5, 0.6) is 0 Å². The van der Waals surface area contributed by atoms with Crippen LogP contribution in [-0.2, 0) is 14.8 Å². The molecule has 0 aliphatic heterocycles. The van der Waals surface area contributed by atoms with Gasteiger partial charge in [-0.05, 0) is 44.9 Å². The molecule has 170 valence electrons. The molecular weight excluding hydrogens is 426 g/mol. The number of alkyl carbamates (subject to hydrolysis) is 1. The summed E-state index contributed by atoms with van der Waals surface area (Å²) in [6.07, 6.45) is 3.23. The molecule has 0 spiro atoms. The molecule has 1 aromatic heterocycles. The van der Waals surface area contributed by atoms with Crippen LogP contribution in [0.2, 0.25) is 0 Å². The first-order valence-corrected chi connectivity index (χ1v) is 12.0. The monoisotopic (exact) mass is 455 g/mol. The first kappa shape index (κ1) is 23.7. The number of benzene rings is 2. The number of pyridine rings is 1. The number of nitrogens with zero attached hydrogens (tertiary/aromatic N) is 1. The first-order valence-electron chi connectivity index (χ1n) is 10.5. The predicted octanol–water partition coefficient (Wildman–Crippen LogP) is 4.21. The molecule has 32 heavy (non-hydrogen) atoms. The van der Waals surface area contributed by atoms with Crippen molar-refractivity contribution in [2.75, 3.05) is 13.1 Å². The van der Waals surface area contributed by atoms with Gasteiger partial charge >= 0.3 is 6.09 Å². The van der Waals surface area contributed by atoms with Gasteiger partial charge in [0.1, 0.15) is 5.60 Å². The van der Waals surface area contributed by atoms with Gasteiger partial charge in [0, 0.05) is 42.2 Å². The van der Waals surface area contributed by atoms with E-state index in [1.807, 2.05) is 36.4 Å². The Morgan fingerprint density at radius 2 is 1.81 bits per heavy atom. The fourth-order valence-electron chi connectivity index (χ4n) is 3.40. The van der Waals surface area contributed by atoms with Gasteiger partial charge in [0.25, 0.3) is 0 Å². The third-order valence-corrected chi connectivity index (χ3v) is 6.40. The molecule has 0 saturated heterocycles. The highest BCUT2D eigenvalue weighted by Gasteiger charge is 2.20. The summed E-state index contributed by atoms with van der Waals surface area (Å²) in [5.74, 6) is -0.0804. The molecule has 0 fully saturated rings. The number of nitrogens with one attached hydrogen (secondary N) is 2. The van der Waals surface area contributed by atoms with Crippen LogP contribution in [0, 0.1) is 0 Å². The van der Waals surface area contributed by atoms with E-state index in [2.05, 4.69) is 15.0 Å². The summed E-state index contributed by atoms with van der Waals surface area (Å²) < 4.78 is 33.9. The first-order chi connectivity index (χ1) is 15.2. The summed E-state index contributed by atoms with van der Waals surface area (Å²) in [6.45, 7) is 5.97. The van der Waals surface area contributed by atoms with Crippen molar-refractivity contribution >= 4 is 26.9 Å². The lowest BCUT2D eigenvalue weighted by Crippen LogP contribution is -2.35. The van der Waals surface area contributed by atoms with Crippen LogP contribution in [0.4, 0.5) is 4.79 Å². The SMILES string of the molecule is CC(C)(C)OC(=O)NCC(CCNS(=O)(=O)c1cccc2cnccc12)c1ccccc1. The fourth-order valence-corrected chi connectivity index (χ4v) is 4.68. The highest BCUT2D eigenvalue weighted by molar-refractivity contribution is 7.89. The minimum Gasteiger partial charge on any atom is -0.444 e. The van der Waals surface area contributed by atoms with E-state index in [-0.39, 0.29) is 17.4 Å². The summed E-state index contributed by atoms with van der Waals surface area (Å²) in [6, 6.07) is 16.5. The van der Waals surface area contributed by atoms with Gasteiger partial charge in [-0.3, -0.25) is 4.98 Å². The van der Waals surface area contributed by atoms with E-state index in [0.29, 0.717) is 18.4 Å². The van der Waals surface area contributed by atoms with Crippen LogP contribution >= 0.6 is 0 Å². The second-order valence-corrected chi connectivity index (χ2v) is 10.3. The van der Waals surface area contributed by atoms with Gasteiger partial charge in [-0.25, -0.2) is 17.9 Å². The van der Waals surface area contributed by atoms with Crippen LogP contribution in [0.1, 0.15) is 38.7 Å². The van der Waals surface area contributed by atoms with E-state index in [0.717, 1.165) is 10.9 Å². The topological polar surface area (TPSA) is 97.4 Å². The molecule has 1 unspecified atom stereocenters. The summed E-state index contributed by atoms with van der Waals surface area (Å²) in [5, 5.41) is 4.19. The highest BCUT2D eigenvalue weighted by atomic mass is 32.2. The second kappa shape index (κ2) is 10.1. The van der Waals surface area contributed by atoms with Crippen molar-refractivity contribution in [3.8, 4) is 0 Å². The van der Waals surface area contributed by atoms with Crippen LogP contribution in [0.15, 0.2) is 71.9 Å². The van der Waals surface area contributed by atoms with E-state index in [1.54, 1.807) is 51.4 Å². The van der Waals surface area contributed by atoms with Gasteiger partial charge in [0.2, 0.25) is 10.0 Å². The number of fused-ring (bicyclic) bond motifs is 1. The van der Waals surface area contributed by atoms with Crippen molar-refractivity contribution in [3.05, 3.63) is 72.6 Å². The molecule has 0 bridgehead atoms. The lowest BCUT2D eigenvalue weighted by Gasteiger charge is -2.22. The van der Waals surface area contributed by atoms with Crippen molar-refractivity contribution in [1.82, 2.24) is 15.0 Å². The Hall–Kier alpha value is -2.97. The average molecular weight is 456 g/mol. The molecule has 3 aromatic rings. The lowest BCUT2D eigenvalue weighted by molar-refractivity contribution is 0.0524. The Morgan fingerprint density at radius 3 is 2.53 bits per heavy atom. The number of carbonyl (C=O) groups excluding carboxylic acids is 1. The Balaban J connectivity index is 1.68. The fraction of sp³-hybridized carbons (Fsp3) is 0.333. The Labute approximate surface area is 189 Å². The van der Waals surface area contributed by atoms with Crippen LogP contribution in [-0.4, -0.2) is 38.2 Å². The molecule has 2 aromatic carbocycles. The van der Waals surface area contributed by atoms with Gasteiger partial charge in [-0.2, -0.15) is 0 Å². The molecule has 0 aliphatic rings.